The van der Waals surface area contributed by atoms with Gasteiger partial charge in [-0.3, -0.25) is 4.79 Å². The van der Waals surface area contributed by atoms with Crippen molar-refractivity contribution in [3.05, 3.63) is 62.9 Å². The Kier molecular flexibility index (Phi) is 7.24. The molecule has 0 bridgehead atoms. The first kappa shape index (κ1) is 22.8. The molecule has 2 heterocycles. The Balaban J connectivity index is 1.55. The van der Waals surface area contributed by atoms with Crippen molar-refractivity contribution < 1.29 is 14.2 Å². The topological polar surface area (TPSA) is 75.0 Å². The molecule has 2 aromatic carbocycles. The smallest absolute Gasteiger partial charge is 0.291 e. The lowest BCUT2D eigenvalue weighted by atomic mass is 10.2. The van der Waals surface area contributed by atoms with E-state index in [-0.39, 0.29) is 5.56 Å². The fourth-order valence-electron chi connectivity index (χ4n) is 3.47. The maximum Gasteiger partial charge on any atom is 0.291 e. The highest BCUT2D eigenvalue weighted by Gasteiger charge is 2.13. The van der Waals surface area contributed by atoms with Crippen LogP contribution >= 0.6 is 11.3 Å². The second-order valence-corrected chi connectivity index (χ2v) is 8.60. The zero-order valence-corrected chi connectivity index (χ0v) is 19.9. The third kappa shape index (κ3) is 5.17. The summed E-state index contributed by atoms with van der Waals surface area (Å²) in [6, 6.07) is 13.1. The fourth-order valence-corrected chi connectivity index (χ4v) is 4.37. The molecule has 0 saturated carbocycles. The van der Waals surface area contributed by atoms with Gasteiger partial charge in [0.15, 0.2) is 5.82 Å². The molecular formula is C25H27N3O4S. The average molecular weight is 466 g/mol. The molecule has 4 aromatic rings. The van der Waals surface area contributed by atoms with Gasteiger partial charge in [0, 0.05) is 11.1 Å². The molecule has 0 fully saturated rings. The molecule has 0 radical (unpaired) electrons. The van der Waals surface area contributed by atoms with Gasteiger partial charge in [0.05, 0.1) is 25.4 Å². The van der Waals surface area contributed by atoms with Crippen molar-refractivity contribution in [1.82, 2.24) is 14.6 Å². The van der Waals surface area contributed by atoms with Gasteiger partial charge in [-0.2, -0.15) is 9.50 Å². The summed E-state index contributed by atoms with van der Waals surface area (Å²) in [4.78, 5) is 18.0. The normalized spacial score (nSPS) is 11.8. The molecule has 0 amide bonds. The van der Waals surface area contributed by atoms with E-state index in [0.29, 0.717) is 33.4 Å². The second-order valence-electron chi connectivity index (χ2n) is 7.59. The zero-order chi connectivity index (χ0) is 23.2. The molecule has 2 aromatic heterocycles. The number of hydrogen-bond acceptors (Lipinski definition) is 7. The number of benzene rings is 2. The van der Waals surface area contributed by atoms with Crippen LogP contribution in [0.3, 0.4) is 0 Å². The molecule has 0 saturated heterocycles. The Labute approximate surface area is 196 Å². The van der Waals surface area contributed by atoms with Crippen LogP contribution in [0.4, 0.5) is 0 Å². The van der Waals surface area contributed by atoms with Crippen LogP contribution in [0, 0.1) is 0 Å². The number of hydrogen-bond donors (Lipinski definition) is 0. The molecule has 0 aliphatic heterocycles. The minimum absolute atomic E-state index is 0.217. The van der Waals surface area contributed by atoms with Gasteiger partial charge in [0.1, 0.15) is 17.2 Å². The number of fused-ring (bicyclic) bond motifs is 1. The summed E-state index contributed by atoms with van der Waals surface area (Å²) in [5.74, 6) is 2.68. The van der Waals surface area contributed by atoms with E-state index in [2.05, 4.69) is 17.0 Å². The van der Waals surface area contributed by atoms with Crippen LogP contribution in [0.5, 0.6) is 17.2 Å². The third-order valence-corrected chi connectivity index (χ3v) is 6.24. The summed E-state index contributed by atoms with van der Waals surface area (Å²) in [5.41, 5.74) is 1.37. The van der Waals surface area contributed by atoms with E-state index in [1.54, 1.807) is 20.3 Å². The number of aromatic nitrogens is 3. The van der Waals surface area contributed by atoms with E-state index in [9.17, 15) is 4.79 Å². The molecule has 33 heavy (non-hydrogen) atoms. The van der Waals surface area contributed by atoms with Gasteiger partial charge in [-0.15, -0.1) is 5.10 Å². The molecule has 0 spiro atoms. The Morgan fingerprint density at radius 2 is 1.79 bits per heavy atom. The Bertz CT molecular complexity index is 1330. The molecule has 0 aliphatic rings. The lowest BCUT2D eigenvalue weighted by molar-refractivity contribution is 0.305. The quantitative estimate of drug-likeness (QED) is 0.324. The molecule has 172 valence electrons. The minimum atomic E-state index is -0.217. The largest absolute Gasteiger partial charge is 0.497 e. The van der Waals surface area contributed by atoms with Gasteiger partial charge in [-0.25, -0.2) is 0 Å². The first-order chi connectivity index (χ1) is 16.1. The standard InChI is InChI=1S/C25H27N3O4S/c1-4-5-6-7-14-32-19-10-8-17(9-11-19)23-26-25-28(27-23)24(29)22(33-25)16-18-15-20(30-2)12-13-21(18)31-3/h8-13,15-16H,4-7,14H2,1-3H3/b22-16-. The van der Waals surface area contributed by atoms with Crippen LogP contribution < -0.4 is 24.3 Å². The van der Waals surface area contributed by atoms with E-state index in [1.807, 2.05) is 42.5 Å². The SMILES string of the molecule is CCCCCCOc1ccc(-c2nc3s/c(=C\c4cc(OC)ccc4OC)c(=O)n3n2)cc1. The van der Waals surface area contributed by atoms with E-state index in [4.69, 9.17) is 14.2 Å². The van der Waals surface area contributed by atoms with Crippen LogP contribution in [-0.4, -0.2) is 35.4 Å². The van der Waals surface area contributed by atoms with Crippen molar-refractivity contribution in [2.75, 3.05) is 20.8 Å². The third-order valence-electron chi connectivity index (χ3n) is 5.28. The average Bonchev–Trinajstić information content (AvgIpc) is 3.38. The van der Waals surface area contributed by atoms with Crippen molar-refractivity contribution in [2.24, 2.45) is 0 Å². The molecular weight excluding hydrogens is 438 g/mol. The summed E-state index contributed by atoms with van der Waals surface area (Å²) in [6.07, 6.45) is 6.47. The Hall–Kier alpha value is -3.39. The van der Waals surface area contributed by atoms with Gasteiger partial charge in [0.2, 0.25) is 4.96 Å². The summed E-state index contributed by atoms with van der Waals surface area (Å²) in [7, 11) is 3.19. The number of ether oxygens (including phenoxy) is 3. The summed E-state index contributed by atoms with van der Waals surface area (Å²) >= 11 is 1.29. The predicted molar refractivity (Wildman–Crippen MR) is 131 cm³/mol. The van der Waals surface area contributed by atoms with E-state index in [0.717, 1.165) is 23.3 Å². The first-order valence-corrected chi connectivity index (χ1v) is 11.8. The highest BCUT2D eigenvalue weighted by molar-refractivity contribution is 7.15. The Morgan fingerprint density at radius 1 is 1.00 bits per heavy atom. The monoisotopic (exact) mass is 465 g/mol. The molecule has 4 rings (SSSR count). The van der Waals surface area contributed by atoms with Crippen molar-refractivity contribution in [1.29, 1.82) is 0 Å². The molecule has 8 heteroatoms. The lowest BCUT2D eigenvalue weighted by Gasteiger charge is -2.06. The molecule has 0 atom stereocenters. The summed E-state index contributed by atoms with van der Waals surface area (Å²) in [5, 5.41) is 4.43. The van der Waals surface area contributed by atoms with E-state index >= 15 is 0 Å². The van der Waals surface area contributed by atoms with Gasteiger partial charge in [-0.05, 0) is 55.0 Å². The molecule has 7 nitrogen and oxygen atoms in total. The predicted octanol–water partition coefficient (Wildman–Crippen LogP) is 4.34. The van der Waals surface area contributed by atoms with Crippen LogP contribution in [0.2, 0.25) is 0 Å². The van der Waals surface area contributed by atoms with E-state index < -0.39 is 0 Å². The zero-order valence-electron chi connectivity index (χ0n) is 19.0. The van der Waals surface area contributed by atoms with Gasteiger partial charge >= 0.3 is 0 Å². The highest BCUT2D eigenvalue weighted by atomic mass is 32.1. The first-order valence-electron chi connectivity index (χ1n) is 11.0. The van der Waals surface area contributed by atoms with Gasteiger partial charge in [0.25, 0.3) is 5.56 Å². The highest BCUT2D eigenvalue weighted by Crippen LogP contribution is 2.25. The number of nitrogens with zero attached hydrogens (tertiary/aromatic N) is 3. The maximum absolute atomic E-state index is 12.9. The molecule has 0 N–H and O–H groups in total. The van der Waals surface area contributed by atoms with Crippen LogP contribution in [-0.2, 0) is 0 Å². The number of rotatable bonds is 10. The van der Waals surface area contributed by atoms with Crippen molar-refractivity contribution >= 4 is 22.4 Å². The van der Waals surface area contributed by atoms with Crippen LogP contribution in [0.25, 0.3) is 22.4 Å². The second kappa shape index (κ2) is 10.5. The van der Waals surface area contributed by atoms with Crippen LogP contribution in [0.15, 0.2) is 47.3 Å². The van der Waals surface area contributed by atoms with E-state index in [1.165, 1.54) is 35.1 Å². The number of thiazole rings is 1. The molecule has 0 unspecified atom stereocenters. The van der Waals surface area contributed by atoms with Gasteiger partial charge in [-0.1, -0.05) is 37.5 Å². The number of unbranched alkanes of at least 4 members (excludes halogenated alkanes) is 3. The Morgan fingerprint density at radius 3 is 2.48 bits per heavy atom. The maximum atomic E-state index is 12.9. The lowest BCUT2D eigenvalue weighted by Crippen LogP contribution is -2.23. The van der Waals surface area contributed by atoms with Crippen LogP contribution in [0.1, 0.15) is 38.2 Å². The summed E-state index contributed by atoms with van der Waals surface area (Å²) in [6.45, 7) is 2.91. The molecule has 0 aliphatic carbocycles. The fraction of sp³-hybridized carbons (Fsp3) is 0.320. The number of methoxy groups -OCH3 is 2. The summed E-state index contributed by atoms with van der Waals surface area (Å²) < 4.78 is 18.4. The van der Waals surface area contributed by atoms with Crippen molar-refractivity contribution in [2.45, 2.75) is 32.6 Å². The van der Waals surface area contributed by atoms with Crippen molar-refractivity contribution in [3.8, 4) is 28.6 Å². The van der Waals surface area contributed by atoms with Gasteiger partial charge < -0.3 is 14.2 Å². The van der Waals surface area contributed by atoms with Crippen molar-refractivity contribution in [3.63, 3.8) is 0 Å². The minimum Gasteiger partial charge on any atom is -0.497 e.